The van der Waals surface area contributed by atoms with Gasteiger partial charge in [0.1, 0.15) is 11.8 Å². The molecule has 4 rings (SSSR count). The zero-order valence-electron chi connectivity index (χ0n) is 20.7. The summed E-state index contributed by atoms with van der Waals surface area (Å²) < 4.78 is 33.1. The lowest BCUT2D eigenvalue weighted by Crippen LogP contribution is -2.41. The highest BCUT2D eigenvalue weighted by Crippen LogP contribution is 2.28. The minimum atomic E-state index is -3.52. The van der Waals surface area contributed by atoms with Gasteiger partial charge >= 0.3 is 0 Å². The number of ether oxygens (including phenoxy) is 1. The summed E-state index contributed by atoms with van der Waals surface area (Å²) in [6.45, 7) is 3.28. The topological polar surface area (TPSA) is 87.7 Å². The van der Waals surface area contributed by atoms with E-state index in [-0.39, 0.29) is 16.8 Å². The number of anilines is 1. The molecular formula is C27H37N3O4S. The van der Waals surface area contributed by atoms with Gasteiger partial charge in [0.25, 0.3) is 0 Å². The van der Waals surface area contributed by atoms with Gasteiger partial charge in [0.05, 0.1) is 12.0 Å². The number of carbonyl (C=O) groups is 1. The van der Waals surface area contributed by atoms with Crippen molar-refractivity contribution in [1.82, 2.24) is 9.62 Å². The minimum absolute atomic E-state index is 0.0933. The summed E-state index contributed by atoms with van der Waals surface area (Å²) in [7, 11) is -1.91. The van der Waals surface area contributed by atoms with Gasteiger partial charge in [0, 0.05) is 24.8 Å². The number of sulfonamides is 1. The number of hydrogen-bond donors (Lipinski definition) is 2. The molecule has 0 unspecified atom stereocenters. The standard InChI is InChI=1S/C27H37N3O4S/c1-20-15-17-30(18-16-20)35(32,33)25-13-11-23(12-14-25)28-26(21-7-6-10-24(19-21)34-2)27(31)29-22-8-4-3-5-9-22/h6-7,10-14,19-20,22,26,28H,3-5,8-9,15-18H2,1-2H3,(H,29,31)/t26-/m1/s1. The second-order valence-corrected chi connectivity index (χ2v) is 11.7. The number of benzene rings is 2. The fraction of sp³-hybridized carbons (Fsp3) is 0.519. The lowest BCUT2D eigenvalue weighted by atomic mass is 9.95. The number of rotatable bonds is 8. The molecule has 2 fully saturated rings. The Labute approximate surface area is 209 Å². The summed E-state index contributed by atoms with van der Waals surface area (Å²) in [6, 6.07) is 13.7. The number of nitrogens with one attached hydrogen (secondary N) is 2. The first kappa shape index (κ1) is 25.5. The van der Waals surface area contributed by atoms with Crippen molar-refractivity contribution in [3.05, 3.63) is 54.1 Å². The number of nitrogens with zero attached hydrogens (tertiary/aromatic N) is 1. The monoisotopic (exact) mass is 499 g/mol. The molecule has 7 nitrogen and oxygen atoms in total. The lowest BCUT2D eigenvalue weighted by molar-refractivity contribution is -0.122. The first-order chi connectivity index (χ1) is 16.9. The van der Waals surface area contributed by atoms with E-state index in [1.165, 1.54) is 6.42 Å². The average molecular weight is 500 g/mol. The van der Waals surface area contributed by atoms with Crippen LogP contribution in [0.25, 0.3) is 0 Å². The molecule has 1 saturated carbocycles. The minimum Gasteiger partial charge on any atom is -0.497 e. The van der Waals surface area contributed by atoms with Crippen molar-refractivity contribution in [1.29, 1.82) is 0 Å². The van der Waals surface area contributed by atoms with Crippen LogP contribution in [0.2, 0.25) is 0 Å². The molecule has 2 aliphatic rings. The third-order valence-electron chi connectivity index (χ3n) is 7.19. The highest BCUT2D eigenvalue weighted by atomic mass is 32.2. The number of amides is 1. The summed E-state index contributed by atoms with van der Waals surface area (Å²) in [5, 5.41) is 6.54. The molecule has 1 aliphatic heterocycles. The maximum absolute atomic E-state index is 13.4. The molecule has 35 heavy (non-hydrogen) atoms. The zero-order valence-corrected chi connectivity index (χ0v) is 21.5. The molecule has 1 saturated heterocycles. The maximum Gasteiger partial charge on any atom is 0.247 e. The molecule has 0 radical (unpaired) electrons. The molecule has 0 bridgehead atoms. The maximum atomic E-state index is 13.4. The van der Waals surface area contributed by atoms with E-state index in [1.807, 2.05) is 24.3 Å². The van der Waals surface area contributed by atoms with Crippen molar-refractivity contribution in [2.75, 3.05) is 25.5 Å². The smallest absolute Gasteiger partial charge is 0.247 e. The van der Waals surface area contributed by atoms with Crippen molar-refractivity contribution in [2.24, 2.45) is 5.92 Å². The van der Waals surface area contributed by atoms with Gasteiger partial charge < -0.3 is 15.4 Å². The van der Waals surface area contributed by atoms with Crippen LogP contribution in [0.3, 0.4) is 0 Å². The quantitative estimate of drug-likeness (QED) is 0.549. The number of piperidine rings is 1. The van der Waals surface area contributed by atoms with Crippen LogP contribution in [0.1, 0.15) is 63.5 Å². The normalized spacial score (nSPS) is 19.1. The molecule has 2 aromatic carbocycles. The van der Waals surface area contributed by atoms with E-state index in [4.69, 9.17) is 4.74 Å². The number of hydrogen-bond acceptors (Lipinski definition) is 5. The van der Waals surface area contributed by atoms with Crippen LogP contribution in [0.5, 0.6) is 5.75 Å². The van der Waals surface area contributed by atoms with Gasteiger partial charge in [-0.15, -0.1) is 0 Å². The first-order valence-corrected chi connectivity index (χ1v) is 14.1. The Morgan fingerprint density at radius 3 is 2.34 bits per heavy atom. The molecular weight excluding hydrogens is 462 g/mol. The van der Waals surface area contributed by atoms with Crippen LogP contribution in [0.15, 0.2) is 53.4 Å². The van der Waals surface area contributed by atoms with E-state index >= 15 is 0 Å². The Hall–Kier alpha value is -2.58. The van der Waals surface area contributed by atoms with E-state index in [0.29, 0.717) is 30.4 Å². The third kappa shape index (κ3) is 6.35. The molecule has 0 aromatic heterocycles. The van der Waals surface area contributed by atoms with E-state index < -0.39 is 16.1 Å². The Morgan fingerprint density at radius 1 is 1.00 bits per heavy atom. The largest absolute Gasteiger partial charge is 0.497 e. The molecule has 2 N–H and O–H groups in total. The van der Waals surface area contributed by atoms with Crippen molar-refractivity contribution in [3.63, 3.8) is 0 Å². The second kappa shape index (κ2) is 11.4. The number of methoxy groups -OCH3 is 1. The SMILES string of the molecule is COc1cccc([C@@H](Nc2ccc(S(=O)(=O)N3CCC(C)CC3)cc2)C(=O)NC2CCCCC2)c1. The summed E-state index contributed by atoms with van der Waals surface area (Å²) in [4.78, 5) is 13.6. The molecule has 2 aromatic rings. The predicted molar refractivity (Wildman–Crippen MR) is 138 cm³/mol. The molecule has 1 amide bonds. The first-order valence-electron chi connectivity index (χ1n) is 12.7. The van der Waals surface area contributed by atoms with Gasteiger partial charge in [-0.1, -0.05) is 38.3 Å². The van der Waals surface area contributed by atoms with Crippen LogP contribution in [0.4, 0.5) is 5.69 Å². The summed E-state index contributed by atoms with van der Waals surface area (Å²) in [5.74, 6) is 1.14. The van der Waals surface area contributed by atoms with Crippen LogP contribution >= 0.6 is 0 Å². The molecule has 190 valence electrons. The molecule has 1 atom stereocenters. The van der Waals surface area contributed by atoms with Gasteiger partial charge in [-0.3, -0.25) is 4.79 Å². The van der Waals surface area contributed by atoms with Crippen LogP contribution in [0, 0.1) is 5.92 Å². The molecule has 1 heterocycles. The van der Waals surface area contributed by atoms with Gasteiger partial charge in [0.15, 0.2) is 0 Å². The molecule has 8 heteroatoms. The predicted octanol–water partition coefficient (Wildman–Crippen LogP) is 4.72. The van der Waals surface area contributed by atoms with Crippen molar-refractivity contribution < 1.29 is 17.9 Å². The van der Waals surface area contributed by atoms with E-state index in [2.05, 4.69) is 17.6 Å². The Kier molecular flexibility index (Phi) is 8.34. The van der Waals surface area contributed by atoms with Gasteiger partial charge in [-0.05, 0) is 73.6 Å². The zero-order chi connectivity index (χ0) is 24.8. The molecule has 0 spiro atoms. The summed E-state index contributed by atoms with van der Waals surface area (Å²) in [6.07, 6.45) is 7.25. The Balaban J connectivity index is 1.52. The highest BCUT2D eigenvalue weighted by Gasteiger charge is 2.29. The second-order valence-electron chi connectivity index (χ2n) is 9.81. The summed E-state index contributed by atoms with van der Waals surface area (Å²) in [5.41, 5.74) is 1.47. The van der Waals surface area contributed by atoms with Gasteiger partial charge in [0.2, 0.25) is 15.9 Å². The average Bonchev–Trinajstić information content (AvgIpc) is 2.88. The van der Waals surface area contributed by atoms with Gasteiger partial charge in [-0.2, -0.15) is 4.31 Å². The van der Waals surface area contributed by atoms with E-state index in [0.717, 1.165) is 44.1 Å². The highest BCUT2D eigenvalue weighted by molar-refractivity contribution is 7.89. The van der Waals surface area contributed by atoms with Crippen molar-refractivity contribution in [3.8, 4) is 5.75 Å². The molecule has 1 aliphatic carbocycles. The van der Waals surface area contributed by atoms with E-state index in [1.54, 1.807) is 35.7 Å². The van der Waals surface area contributed by atoms with Crippen LogP contribution < -0.4 is 15.4 Å². The van der Waals surface area contributed by atoms with E-state index in [9.17, 15) is 13.2 Å². The van der Waals surface area contributed by atoms with Gasteiger partial charge in [-0.25, -0.2) is 8.42 Å². The van der Waals surface area contributed by atoms with Crippen molar-refractivity contribution >= 4 is 21.6 Å². The number of carbonyl (C=O) groups excluding carboxylic acids is 1. The lowest BCUT2D eigenvalue weighted by Gasteiger charge is -2.29. The third-order valence-corrected chi connectivity index (χ3v) is 9.10. The fourth-order valence-corrected chi connectivity index (χ4v) is 6.39. The fourth-order valence-electron chi connectivity index (χ4n) is 4.92. The Bertz CT molecular complexity index is 1090. The van der Waals surface area contributed by atoms with Crippen LogP contribution in [-0.2, 0) is 14.8 Å². The van der Waals surface area contributed by atoms with Crippen LogP contribution in [-0.4, -0.2) is 44.9 Å². The summed E-state index contributed by atoms with van der Waals surface area (Å²) >= 11 is 0. The Morgan fingerprint density at radius 2 is 1.69 bits per heavy atom. The van der Waals surface area contributed by atoms with Crippen molar-refractivity contribution in [2.45, 2.75) is 68.8 Å².